The average Bonchev–Trinajstić information content (AvgIpc) is 2.63. The molecule has 2 fully saturated rings. The van der Waals surface area contributed by atoms with E-state index >= 15 is 0 Å². The molecule has 2 aliphatic rings. The number of nitrogens with zero attached hydrogens (tertiary/aromatic N) is 2. The fraction of sp³-hybridized carbons (Fsp3) is 0.588. The first kappa shape index (κ1) is 22.2. The zero-order chi connectivity index (χ0) is 16.1. The minimum Gasteiger partial charge on any atom is -0.387 e. The van der Waals surface area contributed by atoms with Crippen LogP contribution in [0.25, 0.3) is 0 Å². The standard InChI is InChI=1S/C17H25N3O3.2ClH/c21-16(14-4-2-1-3-5-14)12-19-7-9-20(10-8-19)17(22)15-13-23-11-6-18-15;;/h1-5,15-16,18,21H,6-13H2;2*1H. The number of hydrogen-bond donors (Lipinski definition) is 2. The third-order valence-electron chi connectivity index (χ3n) is 4.52. The van der Waals surface area contributed by atoms with Crippen molar-refractivity contribution < 1.29 is 14.6 Å². The van der Waals surface area contributed by atoms with Gasteiger partial charge in [-0.2, -0.15) is 0 Å². The van der Waals surface area contributed by atoms with E-state index in [2.05, 4.69) is 10.2 Å². The quantitative estimate of drug-likeness (QED) is 0.790. The SMILES string of the molecule is Cl.Cl.O=C(C1COCCN1)N1CCN(CC(O)c2ccccc2)CC1. The van der Waals surface area contributed by atoms with Crippen LogP contribution < -0.4 is 5.32 Å². The number of β-amino-alcohol motifs (C(OH)–C–C–N with tert-alkyl or cyclic N) is 1. The molecule has 2 aliphatic heterocycles. The lowest BCUT2D eigenvalue weighted by atomic mass is 10.1. The van der Waals surface area contributed by atoms with Gasteiger partial charge in [-0.05, 0) is 5.56 Å². The maximum absolute atomic E-state index is 12.4. The Morgan fingerprint density at radius 3 is 2.48 bits per heavy atom. The van der Waals surface area contributed by atoms with Gasteiger partial charge in [-0.1, -0.05) is 30.3 Å². The Hall–Kier alpha value is -0.890. The van der Waals surface area contributed by atoms with E-state index in [4.69, 9.17) is 4.74 Å². The van der Waals surface area contributed by atoms with Crippen molar-refractivity contribution in [3.63, 3.8) is 0 Å². The number of aliphatic hydroxyl groups excluding tert-OH is 1. The number of carbonyl (C=O) groups excluding carboxylic acids is 1. The molecule has 2 unspecified atom stereocenters. The number of rotatable bonds is 4. The molecule has 1 aromatic rings. The highest BCUT2D eigenvalue weighted by molar-refractivity contribution is 5.85. The molecular formula is C17H27Cl2N3O3. The number of halogens is 2. The number of nitrogens with one attached hydrogen (secondary N) is 1. The molecule has 2 atom stereocenters. The first-order valence-electron chi connectivity index (χ1n) is 8.29. The minimum absolute atomic E-state index is 0. The molecule has 0 aliphatic carbocycles. The normalized spacial score (nSPS) is 22.4. The predicted molar refractivity (Wildman–Crippen MR) is 102 cm³/mol. The summed E-state index contributed by atoms with van der Waals surface area (Å²) in [7, 11) is 0. The highest BCUT2D eigenvalue weighted by Crippen LogP contribution is 2.15. The number of ether oxygens (including phenoxy) is 1. The first-order chi connectivity index (χ1) is 11.2. The second kappa shape index (κ2) is 11.0. The molecule has 2 N–H and O–H groups in total. The van der Waals surface area contributed by atoms with E-state index in [9.17, 15) is 9.90 Å². The molecule has 8 heteroatoms. The monoisotopic (exact) mass is 391 g/mol. The van der Waals surface area contributed by atoms with Crippen molar-refractivity contribution in [1.29, 1.82) is 0 Å². The van der Waals surface area contributed by atoms with E-state index in [-0.39, 0.29) is 36.8 Å². The molecular weight excluding hydrogens is 365 g/mol. The highest BCUT2D eigenvalue weighted by atomic mass is 35.5. The van der Waals surface area contributed by atoms with Crippen molar-refractivity contribution in [1.82, 2.24) is 15.1 Å². The Balaban J connectivity index is 0.00000156. The van der Waals surface area contributed by atoms with Gasteiger partial charge in [-0.25, -0.2) is 0 Å². The molecule has 1 amide bonds. The van der Waals surface area contributed by atoms with Crippen LogP contribution >= 0.6 is 24.8 Å². The van der Waals surface area contributed by atoms with Crippen LogP contribution in [-0.4, -0.2) is 79.3 Å². The third-order valence-corrected chi connectivity index (χ3v) is 4.52. The Morgan fingerprint density at radius 2 is 1.88 bits per heavy atom. The van der Waals surface area contributed by atoms with Crippen LogP contribution in [-0.2, 0) is 9.53 Å². The van der Waals surface area contributed by atoms with Crippen molar-refractivity contribution in [2.75, 3.05) is 52.5 Å². The molecule has 3 rings (SSSR count). The summed E-state index contributed by atoms with van der Waals surface area (Å²) in [5.74, 6) is 0.132. The summed E-state index contributed by atoms with van der Waals surface area (Å²) in [5, 5.41) is 13.5. The van der Waals surface area contributed by atoms with Crippen molar-refractivity contribution in [3.05, 3.63) is 35.9 Å². The Morgan fingerprint density at radius 1 is 1.20 bits per heavy atom. The maximum atomic E-state index is 12.4. The third kappa shape index (κ3) is 6.09. The molecule has 0 bridgehead atoms. The summed E-state index contributed by atoms with van der Waals surface area (Å²) in [4.78, 5) is 16.5. The summed E-state index contributed by atoms with van der Waals surface area (Å²) in [5.41, 5.74) is 0.939. The number of amides is 1. The average molecular weight is 392 g/mol. The number of morpholine rings is 1. The van der Waals surface area contributed by atoms with Gasteiger partial charge in [0.15, 0.2) is 0 Å². The van der Waals surface area contributed by atoms with E-state index in [1.165, 1.54) is 0 Å². The van der Waals surface area contributed by atoms with Crippen LogP contribution in [0.4, 0.5) is 0 Å². The highest BCUT2D eigenvalue weighted by Gasteiger charge is 2.29. The molecule has 0 radical (unpaired) electrons. The van der Waals surface area contributed by atoms with Gasteiger partial charge in [-0.3, -0.25) is 9.69 Å². The second-order valence-electron chi connectivity index (χ2n) is 6.13. The predicted octanol–water partition coefficient (Wildman–Crippen LogP) is 0.696. The lowest BCUT2D eigenvalue weighted by Gasteiger charge is -2.37. The zero-order valence-corrected chi connectivity index (χ0v) is 15.8. The largest absolute Gasteiger partial charge is 0.387 e. The van der Waals surface area contributed by atoms with Crippen molar-refractivity contribution >= 4 is 30.7 Å². The second-order valence-corrected chi connectivity index (χ2v) is 6.13. The van der Waals surface area contributed by atoms with E-state index in [1.54, 1.807) is 0 Å². The summed E-state index contributed by atoms with van der Waals surface area (Å²) >= 11 is 0. The molecule has 0 spiro atoms. The fourth-order valence-corrected chi connectivity index (χ4v) is 3.12. The van der Waals surface area contributed by atoms with Gasteiger partial charge in [0, 0.05) is 39.3 Å². The van der Waals surface area contributed by atoms with Crippen molar-refractivity contribution in [2.45, 2.75) is 12.1 Å². The van der Waals surface area contributed by atoms with Crippen LogP contribution in [0.1, 0.15) is 11.7 Å². The summed E-state index contributed by atoms with van der Waals surface area (Å²) in [6.07, 6.45) is -0.480. The smallest absolute Gasteiger partial charge is 0.242 e. The van der Waals surface area contributed by atoms with Crippen LogP contribution in [0.2, 0.25) is 0 Å². The summed E-state index contributed by atoms with van der Waals surface area (Å²) < 4.78 is 5.36. The summed E-state index contributed by atoms with van der Waals surface area (Å²) in [6, 6.07) is 9.51. The van der Waals surface area contributed by atoms with Gasteiger partial charge in [-0.15, -0.1) is 24.8 Å². The Labute approximate surface area is 161 Å². The molecule has 25 heavy (non-hydrogen) atoms. The molecule has 0 aromatic heterocycles. The molecule has 0 saturated carbocycles. The van der Waals surface area contributed by atoms with Crippen LogP contribution in [0.3, 0.4) is 0 Å². The van der Waals surface area contributed by atoms with Gasteiger partial charge >= 0.3 is 0 Å². The number of piperazine rings is 1. The zero-order valence-electron chi connectivity index (χ0n) is 14.2. The van der Waals surface area contributed by atoms with E-state index in [0.29, 0.717) is 32.8 Å². The number of benzene rings is 1. The van der Waals surface area contributed by atoms with Gasteiger partial charge in [0.05, 0.1) is 19.3 Å². The number of hydrogen-bond acceptors (Lipinski definition) is 5. The number of carbonyl (C=O) groups is 1. The van der Waals surface area contributed by atoms with Crippen LogP contribution in [0.15, 0.2) is 30.3 Å². The lowest BCUT2D eigenvalue weighted by Crippen LogP contribution is -2.57. The molecule has 1 aromatic carbocycles. The first-order valence-corrected chi connectivity index (χ1v) is 8.29. The molecule has 2 heterocycles. The Kier molecular flexibility index (Phi) is 9.71. The van der Waals surface area contributed by atoms with Gasteiger partial charge in [0.1, 0.15) is 6.04 Å². The van der Waals surface area contributed by atoms with Crippen LogP contribution in [0, 0.1) is 0 Å². The van der Waals surface area contributed by atoms with E-state index in [1.807, 2.05) is 35.2 Å². The van der Waals surface area contributed by atoms with Crippen LogP contribution in [0.5, 0.6) is 0 Å². The van der Waals surface area contributed by atoms with Crippen molar-refractivity contribution in [3.8, 4) is 0 Å². The fourth-order valence-electron chi connectivity index (χ4n) is 3.12. The van der Waals surface area contributed by atoms with Gasteiger partial charge in [0.25, 0.3) is 0 Å². The molecule has 142 valence electrons. The molecule has 6 nitrogen and oxygen atoms in total. The Bertz CT molecular complexity index is 507. The van der Waals surface area contributed by atoms with Gasteiger partial charge < -0.3 is 20.1 Å². The van der Waals surface area contributed by atoms with Crippen molar-refractivity contribution in [2.24, 2.45) is 0 Å². The summed E-state index contributed by atoms with van der Waals surface area (Å²) in [6.45, 7) is 5.49. The maximum Gasteiger partial charge on any atom is 0.242 e. The minimum atomic E-state index is -0.480. The lowest BCUT2D eigenvalue weighted by molar-refractivity contribution is -0.138. The topological polar surface area (TPSA) is 65.0 Å². The van der Waals surface area contributed by atoms with E-state index in [0.717, 1.165) is 25.2 Å². The number of aliphatic hydroxyl groups is 1. The van der Waals surface area contributed by atoms with E-state index < -0.39 is 6.10 Å². The molecule has 2 saturated heterocycles. The van der Waals surface area contributed by atoms with Gasteiger partial charge in [0.2, 0.25) is 5.91 Å².